The van der Waals surface area contributed by atoms with Crippen LogP contribution < -0.4 is 15.2 Å². The van der Waals surface area contributed by atoms with Crippen molar-refractivity contribution in [2.75, 3.05) is 51.9 Å². The zero-order valence-electron chi connectivity index (χ0n) is 20.4. The van der Waals surface area contributed by atoms with Crippen molar-refractivity contribution in [3.63, 3.8) is 0 Å². The van der Waals surface area contributed by atoms with Gasteiger partial charge in [0.2, 0.25) is 0 Å². The van der Waals surface area contributed by atoms with Gasteiger partial charge in [-0.15, -0.1) is 0 Å². The maximum Gasteiger partial charge on any atom is 0.259 e. The van der Waals surface area contributed by atoms with Crippen LogP contribution >= 0.6 is 0 Å². The highest BCUT2D eigenvalue weighted by Gasteiger charge is 2.32. The number of rotatable bonds is 8. The third-order valence-corrected chi connectivity index (χ3v) is 6.62. The van der Waals surface area contributed by atoms with E-state index < -0.39 is 6.04 Å². The number of ether oxygens (including phenoxy) is 2. The number of nitrogens with zero attached hydrogens (tertiary/aromatic N) is 3. The van der Waals surface area contributed by atoms with Crippen LogP contribution in [-0.4, -0.2) is 61.6 Å². The summed E-state index contributed by atoms with van der Waals surface area (Å²) in [5, 5.41) is 11.0. The van der Waals surface area contributed by atoms with E-state index >= 15 is 0 Å². The van der Waals surface area contributed by atoms with Crippen LogP contribution in [0.25, 0.3) is 0 Å². The first kappa shape index (κ1) is 24.8. The molecule has 1 saturated heterocycles. The Morgan fingerprint density at radius 2 is 1.71 bits per heavy atom. The van der Waals surface area contributed by atoms with E-state index in [9.17, 15) is 14.3 Å². The number of para-hydroxylation sites is 1. The van der Waals surface area contributed by atoms with Crippen molar-refractivity contribution in [2.45, 2.75) is 19.5 Å². The predicted molar refractivity (Wildman–Crippen MR) is 134 cm³/mol. The molecule has 3 aromatic rings. The quantitative estimate of drug-likeness (QED) is 0.531. The van der Waals surface area contributed by atoms with Gasteiger partial charge in [0.05, 0.1) is 31.0 Å². The fraction of sp³-hybridized carbons (Fsp3) is 0.370. The number of piperazine rings is 1. The first-order valence-electron chi connectivity index (χ1n) is 11.7. The molecule has 2 aromatic carbocycles. The summed E-state index contributed by atoms with van der Waals surface area (Å²) in [4.78, 5) is 17.9. The number of hydrogen-bond acceptors (Lipinski definition) is 6. The van der Waals surface area contributed by atoms with E-state index in [-0.39, 0.29) is 17.1 Å². The molecule has 0 aliphatic carbocycles. The van der Waals surface area contributed by atoms with Crippen LogP contribution in [0.4, 0.5) is 10.1 Å². The summed E-state index contributed by atoms with van der Waals surface area (Å²) in [6, 6.07) is 15.5. The highest BCUT2D eigenvalue weighted by Crippen LogP contribution is 2.34. The van der Waals surface area contributed by atoms with Crippen LogP contribution in [0.3, 0.4) is 0 Å². The minimum absolute atomic E-state index is 0.0291. The lowest BCUT2D eigenvalue weighted by atomic mass is 9.95. The molecule has 1 atom stereocenters. The Hall–Kier alpha value is -3.36. The van der Waals surface area contributed by atoms with Gasteiger partial charge in [0.25, 0.3) is 5.56 Å². The van der Waals surface area contributed by atoms with E-state index in [2.05, 4.69) is 4.90 Å². The van der Waals surface area contributed by atoms with Crippen molar-refractivity contribution in [3.8, 4) is 11.5 Å². The van der Waals surface area contributed by atoms with Crippen LogP contribution in [0.15, 0.2) is 59.4 Å². The van der Waals surface area contributed by atoms with Gasteiger partial charge in [-0.1, -0.05) is 24.3 Å². The first-order valence-corrected chi connectivity index (χ1v) is 11.7. The summed E-state index contributed by atoms with van der Waals surface area (Å²) < 4.78 is 26.5. The summed E-state index contributed by atoms with van der Waals surface area (Å²) in [7, 11) is 3.20. The second kappa shape index (κ2) is 10.9. The van der Waals surface area contributed by atoms with E-state index in [1.807, 2.05) is 35.2 Å². The van der Waals surface area contributed by atoms with Crippen molar-refractivity contribution in [1.82, 2.24) is 9.47 Å². The fourth-order valence-electron chi connectivity index (χ4n) is 4.76. The Morgan fingerprint density at radius 1 is 1.03 bits per heavy atom. The fourth-order valence-corrected chi connectivity index (χ4v) is 4.76. The molecular formula is C27H32FN3O4. The van der Waals surface area contributed by atoms with Crippen molar-refractivity contribution >= 4 is 5.69 Å². The molecule has 7 nitrogen and oxygen atoms in total. The summed E-state index contributed by atoms with van der Waals surface area (Å²) in [5.74, 6) is 0.436. The molecule has 186 valence electrons. The Kier molecular flexibility index (Phi) is 7.73. The van der Waals surface area contributed by atoms with Gasteiger partial charge in [0, 0.05) is 45.5 Å². The summed E-state index contributed by atoms with van der Waals surface area (Å²) >= 11 is 0. The Morgan fingerprint density at radius 3 is 2.34 bits per heavy atom. The zero-order valence-corrected chi connectivity index (χ0v) is 20.4. The molecule has 2 heterocycles. The maximum absolute atomic E-state index is 14.4. The van der Waals surface area contributed by atoms with Crippen molar-refractivity contribution in [2.24, 2.45) is 0 Å². The normalized spacial score (nSPS) is 15.3. The van der Waals surface area contributed by atoms with Crippen LogP contribution in [0.2, 0.25) is 0 Å². The molecule has 1 aliphatic heterocycles. The summed E-state index contributed by atoms with van der Waals surface area (Å²) in [6.45, 7) is 4.96. The van der Waals surface area contributed by atoms with E-state index in [4.69, 9.17) is 9.47 Å². The second-order valence-corrected chi connectivity index (χ2v) is 8.68. The Bertz CT molecular complexity index is 1200. The molecule has 35 heavy (non-hydrogen) atoms. The Balaban J connectivity index is 1.72. The molecule has 1 aliphatic rings. The van der Waals surface area contributed by atoms with Crippen LogP contribution in [0.1, 0.15) is 22.9 Å². The average molecular weight is 482 g/mol. The molecule has 1 fully saturated rings. The van der Waals surface area contributed by atoms with Crippen molar-refractivity contribution in [3.05, 3.63) is 87.6 Å². The van der Waals surface area contributed by atoms with Gasteiger partial charge in [0.15, 0.2) is 0 Å². The molecular weight excluding hydrogens is 449 g/mol. The third kappa shape index (κ3) is 5.18. The lowest BCUT2D eigenvalue weighted by Gasteiger charge is -2.40. The molecule has 1 aromatic heterocycles. The number of aromatic hydroxyl groups is 1. The van der Waals surface area contributed by atoms with Gasteiger partial charge in [-0.05, 0) is 42.8 Å². The molecule has 0 amide bonds. The standard InChI is InChI=1S/C27H32FN3O4/c1-19-18-24(32)25(27(33)31(19)16-17-34-2)26(20-8-10-21(35-3)11-9-20)30-14-12-29(13-15-30)23-7-5-4-6-22(23)28/h4-11,18,26,32H,12-17H2,1-3H3. The van der Waals surface area contributed by atoms with Crippen LogP contribution in [0.5, 0.6) is 11.5 Å². The largest absolute Gasteiger partial charge is 0.507 e. The number of aryl methyl sites for hydroxylation is 1. The summed E-state index contributed by atoms with van der Waals surface area (Å²) in [5.41, 5.74) is 2.22. The Labute approximate surface area is 204 Å². The van der Waals surface area contributed by atoms with Gasteiger partial charge >= 0.3 is 0 Å². The van der Waals surface area contributed by atoms with E-state index in [1.165, 1.54) is 6.07 Å². The molecule has 0 bridgehead atoms. The SMILES string of the molecule is COCCn1c(C)cc(O)c(C(c2ccc(OC)cc2)N2CCN(c3ccccc3F)CC2)c1=O. The van der Waals surface area contributed by atoms with Gasteiger partial charge < -0.3 is 24.0 Å². The number of aromatic nitrogens is 1. The number of pyridine rings is 1. The second-order valence-electron chi connectivity index (χ2n) is 8.68. The lowest BCUT2D eigenvalue weighted by Crippen LogP contribution is -2.49. The van der Waals surface area contributed by atoms with Crippen LogP contribution in [-0.2, 0) is 11.3 Å². The lowest BCUT2D eigenvalue weighted by molar-refractivity contribution is 0.183. The van der Waals surface area contributed by atoms with E-state index in [0.717, 1.165) is 5.56 Å². The zero-order chi connectivity index (χ0) is 24.9. The number of anilines is 1. The van der Waals surface area contributed by atoms with E-state index in [1.54, 1.807) is 43.9 Å². The first-order chi connectivity index (χ1) is 16.9. The van der Waals surface area contributed by atoms with Gasteiger partial charge in [0.1, 0.15) is 17.3 Å². The van der Waals surface area contributed by atoms with Crippen molar-refractivity contribution in [1.29, 1.82) is 0 Å². The molecule has 4 rings (SSSR count). The van der Waals surface area contributed by atoms with Gasteiger partial charge in [-0.2, -0.15) is 0 Å². The molecule has 1 N–H and O–H groups in total. The molecule has 0 radical (unpaired) electrons. The number of halogens is 1. The van der Waals surface area contributed by atoms with E-state index in [0.29, 0.717) is 62.0 Å². The van der Waals surface area contributed by atoms with Crippen molar-refractivity contribution < 1.29 is 19.0 Å². The topological polar surface area (TPSA) is 67.2 Å². The smallest absolute Gasteiger partial charge is 0.259 e. The minimum Gasteiger partial charge on any atom is -0.507 e. The maximum atomic E-state index is 14.4. The molecule has 1 unspecified atom stereocenters. The van der Waals surface area contributed by atoms with Gasteiger partial charge in [-0.25, -0.2) is 4.39 Å². The average Bonchev–Trinajstić information content (AvgIpc) is 2.87. The predicted octanol–water partition coefficient (Wildman–Crippen LogP) is 3.57. The number of methoxy groups -OCH3 is 2. The highest BCUT2D eigenvalue weighted by atomic mass is 19.1. The molecule has 0 saturated carbocycles. The monoisotopic (exact) mass is 481 g/mol. The molecule has 8 heteroatoms. The minimum atomic E-state index is -0.467. The highest BCUT2D eigenvalue weighted by molar-refractivity contribution is 5.48. The molecule has 0 spiro atoms. The number of benzene rings is 2. The van der Waals surface area contributed by atoms with Crippen LogP contribution in [0, 0.1) is 12.7 Å². The third-order valence-electron chi connectivity index (χ3n) is 6.62. The van der Waals surface area contributed by atoms with Gasteiger partial charge in [-0.3, -0.25) is 9.69 Å². The summed E-state index contributed by atoms with van der Waals surface area (Å²) in [6.07, 6.45) is 0. The number of hydrogen-bond donors (Lipinski definition) is 1.